The van der Waals surface area contributed by atoms with Crippen LogP contribution in [0.3, 0.4) is 0 Å². The summed E-state index contributed by atoms with van der Waals surface area (Å²) in [4.78, 5) is 19.9. The van der Waals surface area contributed by atoms with Crippen molar-refractivity contribution in [3.8, 4) is 0 Å². The number of rotatable bonds is 5. The van der Waals surface area contributed by atoms with E-state index in [9.17, 15) is 18.0 Å². The van der Waals surface area contributed by atoms with Crippen LogP contribution in [0.4, 0.5) is 24.8 Å². The van der Waals surface area contributed by atoms with Crippen molar-refractivity contribution >= 4 is 29.1 Å². The first kappa shape index (κ1) is 19.0. The van der Waals surface area contributed by atoms with Crippen LogP contribution in [-0.2, 0) is 6.18 Å². The number of alkyl halides is 3. The Kier molecular flexibility index (Phi) is 5.84. The Hall–Kier alpha value is -2.35. The second-order valence-corrected chi connectivity index (χ2v) is 6.09. The van der Waals surface area contributed by atoms with Gasteiger partial charge in [0.05, 0.1) is 10.6 Å². The number of anilines is 2. The van der Waals surface area contributed by atoms with Crippen LogP contribution in [0.2, 0.25) is 5.02 Å². The standard InChI is InChI=1S/C16H16ClF3N4O/c1-9(2)8-22-14(25)13-5-6-21-15(24-13)23-10-3-4-12(17)11(7-10)16(18,19)20/h3-7,9H,8H2,1-2H3,(H,22,25)(H,21,23,24). The molecule has 25 heavy (non-hydrogen) atoms. The normalized spacial score (nSPS) is 11.5. The second kappa shape index (κ2) is 7.69. The van der Waals surface area contributed by atoms with E-state index in [1.54, 1.807) is 0 Å². The highest BCUT2D eigenvalue weighted by molar-refractivity contribution is 6.31. The molecule has 2 N–H and O–H groups in total. The van der Waals surface area contributed by atoms with Crippen molar-refractivity contribution < 1.29 is 18.0 Å². The maximum Gasteiger partial charge on any atom is 0.417 e. The molecular formula is C16H16ClF3N4O. The van der Waals surface area contributed by atoms with Crippen LogP contribution in [0.15, 0.2) is 30.5 Å². The summed E-state index contributed by atoms with van der Waals surface area (Å²) in [5.41, 5.74) is -0.746. The van der Waals surface area contributed by atoms with Gasteiger partial charge in [-0.15, -0.1) is 0 Å². The van der Waals surface area contributed by atoms with Crippen molar-refractivity contribution in [2.75, 3.05) is 11.9 Å². The molecule has 0 saturated carbocycles. The van der Waals surface area contributed by atoms with E-state index in [1.807, 2.05) is 13.8 Å². The minimum atomic E-state index is -4.58. The van der Waals surface area contributed by atoms with Gasteiger partial charge in [0.1, 0.15) is 5.69 Å². The molecule has 0 radical (unpaired) electrons. The van der Waals surface area contributed by atoms with Crippen molar-refractivity contribution in [3.63, 3.8) is 0 Å². The lowest BCUT2D eigenvalue weighted by Crippen LogP contribution is -2.28. The van der Waals surface area contributed by atoms with Gasteiger partial charge in [-0.1, -0.05) is 25.4 Å². The zero-order chi connectivity index (χ0) is 18.6. The molecule has 0 spiro atoms. The van der Waals surface area contributed by atoms with E-state index < -0.39 is 16.8 Å². The van der Waals surface area contributed by atoms with Crippen LogP contribution in [-0.4, -0.2) is 22.4 Å². The van der Waals surface area contributed by atoms with Crippen molar-refractivity contribution in [1.29, 1.82) is 0 Å². The van der Waals surface area contributed by atoms with Gasteiger partial charge < -0.3 is 10.6 Å². The van der Waals surface area contributed by atoms with Crippen LogP contribution in [0.1, 0.15) is 29.9 Å². The molecule has 1 aromatic heterocycles. The average molecular weight is 373 g/mol. The highest BCUT2D eigenvalue weighted by Crippen LogP contribution is 2.36. The molecule has 134 valence electrons. The van der Waals surface area contributed by atoms with Crippen LogP contribution in [0.5, 0.6) is 0 Å². The Morgan fingerprint density at radius 3 is 2.64 bits per heavy atom. The highest BCUT2D eigenvalue weighted by atomic mass is 35.5. The molecule has 5 nitrogen and oxygen atoms in total. The van der Waals surface area contributed by atoms with Gasteiger partial charge in [0.2, 0.25) is 5.95 Å². The van der Waals surface area contributed by atoms with Crippen molar-refractivity contribution in [3.05, 3.63) is 46.7 Å². The summed E-state index contributed by atoms with van der Waals surface area (Å²) in [6.07, 6.45) is -3.23. The van der Waals surface area contributed by atoms with Crippen LogP contribution < -0.4 is 10.6 Å². The first-order chi connectivity index (χ1) is 11.7. The lowest BCUT2D eigenvalue weighted by molar-refractivity contribution is -0.137. The minimum Gasteiger partial charge on any atom is -0.350 e. The first-order valence-electron chi connectivity index (χ1n) is 7.42. The summed E-state index contributed by atoms with van der Waals surface area (Å²) in [7, 11) is 0. The maximum atomic E-state index is 12.9. The molecule has 0 aliphatic carbocycles. The highest BCUT2D eigenvalue weighted by Gasteiger charge is 2.33. The fraction of sp³-hybridized carbons (Fsp3) is 0.312. The van der Waals surface area contributed by atoms with Crippen LogP contribution in [0.25, 0.3) is 0 Å². The fourth-order valence-corrected chi connectivity index (χ4v) is 2.11. The SMILES string of the molecule is CC(C)CNC(=O)c1ccnc(Nc2ccc(Cl)c(C(F)(F)F)c2)n1. The zero-order valence-corrected chi connectivity index (χ0v) is 14.2. The molecule has 0 aliphatic heterocycles. The third kappa shape index (κ3) is 5.32. The average Bonchev–Trinajstić information content (AvgIpc) is 2.53. The summed E-state index contributed by atoms with van der Waals surface area (Å²) in [6.45, 7) is 4.38. The van der Waals surface area contributed by atoms with Crippen molar-refractivity contribution in [2.45, 2.75) is 20.0 Å². The molecule has 0 atom stereocenters. The van der Waals surface area contributed by atoms with E-state index in [2.05, 4.69) is 20.6 Å². The molecule has 0 bridgehead atoms. The first-order valence-corrected chi connectivity index (χ1v) is 7.79. The molecule has 1 amide bonds. The van der Waals surface area contributed by atoms with Crippen molar-refractivity contribution in [2.24, 2.45) is 5.92 Å². The molecule has 2 rings (SSSR count). The third-order valence-electron chi connectivity index (χ3n) is 3.09. The quantitative estimate of drug-likeness (QED) is 0.822. The van der Waals surface area contributed by atoms with E-state index >= 15 is 0 Å². The molecule has 9 heteroatoms. The smallest absolute Gasteiger partial charge is 0.350 e. The Morgan fingerprint density at radius 1 is 1.28 bits per heavy atom. The van der Waals surface area contributed by atoms with E-state index in [0.717, 1.165) is 12.1 Å². The minimum absolute atomic E-state index is 0.00708. The van der Waals surface area contributed by atoms with Crippen molar-refractivity contribution in [1.82, 2.24) is 15.3 Å². The fourth-order valence-electron chi connectivity index (χ4n) is 1.88. The Bertz CT molecular complexity index is 765. The number of nitrogens with one attached hydrogen (secondary N) is 2. The molecule has 0 unspecified atom stereocenters. The number of hydrogen-bond donors (Lipinski definition) is 2. The molecule has 0 fully saturated rings. The third-order valence-corrected chi connectivity index (χ3v) is 3.42. The zero-order valence-electron chi connectivity index (χ0n) is 13.5. The van der Waals surface area contributed by atoms with Gasteiger partial charge in [-0.3, -0.25) is 4.79 Å². The monoisotopic (exact) mass is 372 g/mol. The van der Waals surface area contributed by atoms with E-state index in [0.29, 0.717) is 6.54 Å². The van der Waals surface area contributed by atoms with Gasteiger partial charge in [-0.25, -0.2) is 9.97 Å². The van der Waals surface area contributed by atoms with Crippen LogP contribution >= 0.6 is 11.6 Å². The Balaban J connectivity index is 2.19. The number of halogens is 4. The number of carbonyl (C=O) groups excluding carboxylic acids is 1. The number of amides is 1. The summed E-state index contributed by atoms with van der Waals surface area (Å²) in [5, 5.41) is 4.94. The largest absolute Gasteiger partial charge is 0.417 e. The number of hydrogen-bond acceptors (Lipinski definition) is 4. The molecule has 1 aromatic carbocycles. The van der Waals surface area contributed by atoms with Gasteiger partial charge in [-0.2, -0.15) is 13.2 Å². The summed E-state index contributed by atoms with van der Waals surface area (Å²) in [6, 6.07) is 4.78. The Labute approximate surface area is 147 Å². The molecule has 0 saturated heterocycles. The van der Waals surface area contributed by atoms with E-state index in [4.69, 9.17) is 11.6 Å². The lowest BCUT2D eigenvalue weighted by Gasteiger charge is -2.12. The molecular weight excluding hydrogens is 357 g/mol. The summed E-state index contributed by atoms with van der Waals surface area (Å²) < 4.78 is 38.7. The number of benzene rings is 1. The van der Waals surface area contributed by atoms with E-state index in [-0.39, 0.29) is 29.2 Å². The second-order valence-electron chi connectivity index (χ2n) is 5.69. The van der Waals surface area contributed by atoms with Crippen LogP contribution in [0, 0.1) is 5.92 Å². The Morgan fingerprint density at radius 2 is 2.00 bits per heavy atom. The number of nitrogens with zero attached hydrogens (tertiary/aromatic N) is 2. The van der Waals surface area contributed by atoms with Gasteiger partial charge in [0.15, 0.2) is 0 Å². The topological polar surface area (TPSA) is 66.9 Å². The molecule has 2 aromatic rings. The number of aromatic nitrogens is 2. The van der Waals surface area contributed by atoms with Gasteiger partial charge in [0, 0.05) is 18.4 Å². The van der Waals surface area contributed by atoms with Gasteiger partial charge >= 0.3 is 6.18 Å². The van der Waals surface area contributed by atoms with E-state index in [1.165, 1.54) is 18.3 Å². The number of carbonyl (C=O) groups is 1. The maximum absolute atomic E-state index is 12.9. The summed E-state index contributed by atoms with van der Waals surface area (Å²) in [5.74, 6) is -0.0999. The summed E-state index contributed by atoms with van der Waals surface area (Å²) >= 11 is 5.58. The molecule has 0 aliphatic rings. The predicted octanol–water partition coefficient (Wildman–Crippen LogP) is 4.28. The predicted molar refractivity (Wildman–Crippen MR) is 88.9 cm³/mol. The lowest BCUT2D eigenvalue weighted by atomic mass is 10.2. The molecule has 1 heterocycles. The van der Waals surface area contributed by atoms with Gasteiger partial charge in [-0.05, 0) is 30.2 Å². The van der Waals surface area contributed by atoms with Gasteiger partial charge in [0.25, 0.3) is 5.91 Å².